The molecule has 1 N–H and O–H groups in total. The molecular formula is C28H34F3N7O4S. The van der Waals surface area contributed by atoms with E-state index in [1.165, 1.54) is 16.8 Å². The van der Waals surface area contributed by atoms with Gasteiger partial charge >= 0.3 is 6.18 Å². The number of nitrogens with one attached hydrogen (secondary N) is 1. The van der Waals surface area contributed by atoms with Gasteiger partial charge < -0.3 is 9.64 Å². The summed E-state index contributed by atoms with van der Waals surface area (Å²) in [5.74, 6) is 0.452. The lowest BCUT2D eigenvalue weighted by Gasteiger charge is -2.34. The molecule has 232 valence electrons. The summed E-state index contributed by atoms with van der Waals surface area (Å²) in [4.78, 5) is 20.3. The number of rotatable bonds is 6. The quantitative estimate of drug-likeness (QED) is 0.400. The Balaban J connectivity index is 1.25. The highest BCUT2D eigenvalue weighted by molar-refractivity contribution is 7.90. The summed E-state index contributed by atoms with van der Waals surface area (Å²) in [6.45, 7) is 5.44. The summed E-state index contributed by atoms with van der Waals surface area (Å²) in [5.41, 5.74) is -1.83. The number of hydrogen-bond donors (Lipinski definition) is 1. The van der Waals surface area contributed by atoms with E-state index in [-0.39, 0.29) is 54.3 Å². The molecule has 5 heterocycles. The normalized spacial score (nSPS) is 22.4. The second-order valence-electron chi connectivity index (χ2n) is 12.4. The van der Waals surface area contributed by atoms with E-state index < -0.39 is 27.5 Å². The van der Waals surface area contributed by atoms with Crippen molar-refractivity contribution in [1.82, 2.24) is 29.3 Å². The molecule has 0 radical (unpaired) electrons. The van der Waals surface area contributed by atoms with Crippen LogP contribution in [0.15, 0.2) is 41.7 Å². The summed E-state index contributed by atoms with van der Waals surface area (Å²) < 4.78 is 76.3. The molecule has 0 aromatic carbocycles. The Hall–Kier alpha value is -3.62. The number of amides is 1. The third-order valence-electron chi connectivity index (χ3n) is 8.74. The predicted octanol–water partition coefficient (Wildman–Crippen LogP) is 4.48. The zero-order valence-electron chi connectivity index (χ0n) is 24.0. The van der Waals surface area contributed by atoms with Crippen molar-refractivity contribution in [3.05, 3.63) is 42.2 Å². The van der Waals surface area contributed by atoms with Gasteiger partial charge in [-0.3, -0.25) is 9.48 Å². The SMILES string of the molecule is CC1(C)C[C@H]2CCCn3ccc(n3)S(=O)(=O)NC(=O)c3ccc(-n4ccc(OCCCC5(C(F)(F)F)CC5)n4)nc3N1C2. The Morgan fingerprint density at radius 3 is 2.65 bits per heavy atom. The van der Waals surface area contributed by atoms with E-state index in [1.807, 2.05) is 0 Å². The average Bonchev–Trinajstić information content (AvgIpc) is 3.23. The number of fused-ring (bicyclic) bond motifs is 6. The molecule has 1 amide bonds. The first-order chi connectivity index (χ1) is 20.3. The largest absolute Gasteiger partial charge is 0.477 e. The lowest BCUT2D eigenvalue weighted by Crippen LogP contribution is -2.41. The van der Waals surface area contributed by atoms with E-state index in [2.05, 4.69) is 33.7 Å². The highest BCUT2D eigenvalue weighted by Crippen LogP contribution is 2.60. The van der Waals surface area contributed by atoms with Crippen molar-refractivity contribution < 1.29 is 31.1 Å². The van der Waals surface area contributed by atoms with Crippen LogP contribution in [0.5, 0.6) is 5.88 Å². The van der Waals surface area contributed by atoms with Crippen molar-refractivity contribution >= 4 is 21.7 Å². The molecule has 1 aliphatic carbocycles. The van der Waals surface area contributed by atoms with Crippen LogP contribution in [0.4, 0.5) is 19.0 Å². The Bertz CT molecular complexity index is 1630. The van der Waals surface area contributed by atoms with Crippen LogP contribution in [0.25, 0.3) is 5.82 Å². The van der Waals surface area contributed by atoms with Gasteiger partial charge in [-0.05, 0) is 82.9 Å². The second-order valence-corrected chi connectivity index (χ2v) is 14.0. The van der Waals surface area contributed by atoms with Gasteiger partial charge in [0, 0.05) is 37.1 Å². The van der Waals surface area contributed by atoms with Crippen LogP contribution in [0.3, 0.4) is 0 Å². The molecule has 3 aromatic rings. The molecule has 2 fully saturated rings. The third kappa shape index (κ3) is 5.83. The highest BCUT2D eigenvalue weighted by Gasteiger charge is 2.62. The molecule has 6 rings (SSSR count). The molecule has 1 saturated carbocycles. The first kappa shape index (κ1) is 29.5. The molecule has 43 heavy (non-hydrogen) atoms. The van der Waals surface area contributed by atoms with Gasteiger partial charge in [-0.1, -0.05) is 0 Å². The van der Waals surface area contributed by atoms with Gasteiger partial charge in [0.2, 0.25) is 5.88 Å². The second kappa shape index (κ2) is 10.5. The molecular weight excluding hydrogens is 587 g/mol. The van der Waals surface area contributed by atoms with E-state index in [9.17, 15) is 26.4 Å². The van der Waals surface area contributed by atoms with Gasteiger partial charge in [0.15, 0.2) is 10.8 Å². The monoisotopic (exact) mass is 621 g/mol. The van der Waals surface area contributed by atoms with E-state index >= 15 is 0 Å². The maximum atomic E-state index is 13.4. The molecule has 3 aliphatic rings. The Labute approximate surface area is 247 Å². The number of nitrogens with zero attached hydrogens (tertiary/aromatic N) is 6. The molecule has 15 heteroatoms. The molecule has 0 spiro atoms. The Morgan fingerprint density at radius 2 is 1.91 bits per heavy atom. The number of halogens is 3. The number of carbonyl (C=O) groups is 1. The summed E-state index contributed by atoms with van der Waals surface area (Å²) in [6.07, 6.45) is 2.21. The van der Waals surface area contributed by atoms with Crippen LogP contribution in [0.2, 0.25) is 0 Å². The maximum Gasteiger partial charge on any atom is 0.394 e. The molecule has 3 aromatic heterocycles. The van der Waals surface area contributed by atoms with Crippen LogP contribution in [0.1, 0.15) is 69.2 Å². The first-order valence-electron chi connectivity index (χ1n) is 14.4. The Kier molecular flexibility index (Phi) is 7.21. The minimum absolute atomic E-state index is 0.0237. The smallest absolute Gasteiger partial charge is 0.394 e. The zero-order chi connectivity index (χ0) is 30.6. The molecule has 1 saturated heterocycles. The van der Waals surface area contributed by atoms with Crippen molar-refractivity contribution in [3.63, 3.8) is 0 Å². The fourth-order valence-electron chi connectivity index (χ4n) is 6.21. The summed E-state index contributed by atoms with van der Waals surface area (Å²) in [5, 5.41) is 8.31. The van der Waals surface area contributed by atoms with Crippen molar-refractivity contribution in [1.29, 1.82) is 0 Å². The first-order valence-corrected chi connectivity index (χ1v) is 15.9. The summed E-state index contributed by atoms with van der Waals surface area (Å²) in [6, 6.07) is 6.04. The lowest BCUT2D eigenvalue weighted by atomic mass is 9.93. The fraction of sp³-hybridized carbons (Fsp3) is 0.571. The minimum Gasteiger partial charge on any atom is -0.477 e. The lowest BCUT2D eigenvalue weighted by molar-refractivity contribution is -0.189. The van der Waals surface area contributed by atoms with Crippen LogP contribution in [-0.4, -0.2) is 63.7 Å². The summed E-state index contributed by atoms with van der Waals surface area (Å²) >= 11 is 0. The Morgan fingerprint density at radius 1 is 1.12 bits per heavy atom. The number of aryl methyl sites for hydroxylation is 1. The zero-order valence-corrected chi connectivity index (χ0v) is 24.8. The molecule has 1 atom stereocenters. The number of carbonyl (C=O) groups excluding carboxylic acids is 1. The fourth-order valence-corrected chi connectivity index (χ4v) is 7.12. The van der Waals surface area contributed by atoms with Gasteiger partial charge in [-0.25, -0.2) is 14.4 Å². The third-order valence-corrected chi connectivity index (χ3v) is 9.96. The van der Waals surface area contributed by atoms with E-state index in [4.69, 9.17) is 9.72 Å². The number of aromatic nitrogens is 5. The van der Waals surface area contributed by atoms with Crippen molar-refractivity contribution in [2.45, 2.75) is 82.1 Å². The van der Waals surface area contributed by atoms with E-state index in [1.54, 1.807) is 29.2 Å². The van der Waals surface area contributed by atoms with Gasteiger partial charge in [-0.2, -0.15) is 26.7 Å². The van der Waals surface area contributed by atoms with Gasteiger partial charge in [0.25, 0.3) is 15.9 Å². The number of alkyl halides is 3. The maximum absolute atomic E-state index is 13.4. The average molecular weight is 622 g/mol. The topological polar surface area (TPSA) is 124 Å². The van der Waals surface area contributed by atoms with Gasteiger partial charge in [-0.15, -0.1) is 5.10 Å². The number of hydrogen-bond acceptors (Lipinski definition) is 8. The molecule has 0 unspecified atom stereocenters. The van der Waals surface area contributed by atoms with Crippen LogP contribution >= 0.6 is 0 Å². The van der Waals surface area contributed by atoms with Crippen molar-refractivity contribution in [2.24, 2.45) is 11.3 Å². The number of pyridine rings is 1. The van der Waals surface area contributed by atoms with Crippen LogP contribution < -0.4 is 14.4 Å². The van der Waals surface area contributed by atoms with Crippen molar-refractivity contribution in [2.75, 3.05) is 18.1 Å². The van der Waals surface area contributed by atoms with E-state index in [0.717, 1.165) is 19.3 Å². The van der Waals surface area contributed by atoms with E-state index in [0.29, 0.717) is 30.6 Å². The standard InChI is InChI=1S/C28H34F3N7O4S/c1-26(2)17-19-5-3-13-36-14-9-23(34-36)43(40,41)35-25(39)20-6-7-21(32-24(20)37(26)18-19)38-15-8-22(33-38)42-16-4-10-27(11-12-27)28(29,30)31/h6-9,14-15,19H,3-5,10-13,16-18H2,1-2H3,(H,35,39)/t19-/m1/s1. The number of anilines is 1. The minimum atomic E-state index is -4.22. The predicted molar refractivity (Wildman–Crippen MR) is 149 cm³/mol. The van der Waals surface area contributed by atoms with Crippen molar-refractivity contribution in [3.8, 4) is 11.7 Å². The van der Waals surface area contributed by atoms with Gasteiger partial charge in [0.1, 0.15) is 5.82 Å². The van der Waals surface area contributed by atoms with Crippen LogP contribution in [0, 0.1) is 11.3 Å². The number of ether oxygens (including phenoxy) is 1. The summed E-state index contributed by atoms with van der Waals surface area (Å²) in [7, 11) is -4.22. The molecule has 2 aliphatic heterocycles. The van der Waals surface area contributed by atoms with Gasteiger partial charge in [0.05, 0.1) is 17.6 Å². The van der Waals surface area contributed by atoms with Crippen LogP contribution in [-0.2, 0) is 16.6 Å². The highest BCUT2D eigenvalue weighted by atomic mass is 32.2. The molecule has 4 bridgehead atoms. The number of sulfonamides is 1. The molecule has 11 nitrogen and oxygen atoms in total.